The third-order valence-corrected chi connectivity index (χ3v) is 0. The van der Waals surface area contributed by atoms with Crippen molar-refractivity contribution in [2.24, 2.45) is 0 Å². The Balaban J connectivity index is -0.0000000575. The van der Waals surface area contributed by atoms with Gasteiger partial charge in [-0.15, -0.1) is 0 Å². The second-order valence-corrected chi connectivity index (χ2v) is 0.679. The molecule has 1 amide bonds. The Morgan fingerprint density at radius 2 is 1.86 bits per heavy atom. The van der Waals surface area contributed by atoms with Crippen molar-refractivity contribution in [3.63, 3.8) is 0 Å². The van der Waals surface area contributed by atoms with Crippen molar-refractivity contribution in [2.45, 2.75) is 13.8 Å². The fourth-order valence-corrected chi connectivity index (χ4v) is 0. The molecule has 0 radical (unpaired) electrons. The third-order valence-electron chi connectivity index (χ3n) is 0. The summed E-state index contributed by atoms with van der Waals surface area (Å²) >= 11 is 0. The third kappa shape index (κ3) is 151. The first-order chi connectivity index (χ1) is 3.15. The average molecular weight is 128 g/mol. The minimum atomic E-state index is -1.33. The van der Waals surface area contributed by atoms with Crippen LogP contribution in [0.4, 0.5) is 0 Å². The summed E-state index contributed by atoms with van der Waals surface area (Å²) in [7, 11) is 0. The van der Waals surface area contributed by atoms with E-state index in [1.165, 1.54) is 0 Å². The largest absolute Gasteiger partial charge is 1.00 e. The van der Waals surface area contributed by atoms with Crippen LogP contribution in [0.3, 0.4) is 0 Å². The first-order valence-electron chi connectivity index (χ1n) is 2.11. The van der Waals surface area contributed by atoms with Gasteiger partial charge in [0.25, 0.3) is 0 Å². The van der Waals surface area contributed by atoms with E-state index in [1.54, 1.807) is 0 Å². The number of carbonyl (C=O) groups is 1. The van der Waals surface area contributed by atoms with E-state index in [1.807, 2.05) is 20.3 Å². The van der Waals surface area contributed by atoms with Gasteiger partial charge in [0.15, 0.2) is 0 Å². The molecule has 0 heterocycles. The van der Waals surface area contributed by atoms with Crippen LogP contribution in [0.5, 0.6) is 0 Å². The minimum Gasteiger partial charge on any atom is -0.671 e. The molecule has 0 aromatic carbocycles. The summed E-state index contributed by atoms with van der Waals surface area (Å²) in [4.78, 5) is 8.78. The molecule has 0 saturated carbocycles. The Hall–Kier alpha value is 1.11. The van der Waals surface area contributed by atoms with E-state index in [0.29, 0.717) is 0 Å². The van der Waals surface area contributed by atoms with Crippen LogP contribution >= 0.6 is 0 Å². The summed E-state index contributed by atoms with van der Waals surface area (Å²) in [6.07, 6.45) is 0.667. The first kappa shape index (κ1) is 11.0. The summed E-state index contributed by atoms with van der Waals surface area (Å²) in [5.41, 5.74) is 5.61. The fourth-order valence-electron chi connectivity index (χ4n) is 0. The average Bonchev–Trinajstić information content (AvgIpc) is 1.33. The second kappa shape index (κ2) is 27.5. The number of hydrogen-bond acceptors (Lipinski definition) is 1. The van der Waals surface area contributed by atoms with E-state index in [4.69, 9.17) is 11.9 Å². The zero-order chi connectivity index (χ0) is 6.28. The summed E-state index contributed by atoms with van der Waals surface area (Å²) in [5.74, 6) is 0. The van der Waals surface area contributed by atoms with Crippen LogP contribution < -0.4 is 51.4 Å². The Morgan fingerprint density at radius 3 is 1.86 bits per heavy atom. The molecule has 2 nitrogen and oxygen atoms in total. The topological polar surface area (TPSA) is 40.9 Å². The van der Waals surface area contributed by atoms with Crippen molar-refractivity contribution >= 4 is 6.39 Å². The zero-order valence-corrected chi connectivity index (χ0v) is 8.11. The van der Waals surface area contributed by atoms with Crippen molar-refractivity contribution < 1.29 is 57.5 Å². The van der Waals surface area contributed by atoms with Gasteiger partial charge in [-0.3, -0.25) is 0 Å². The van der Waals surface area contributed by atoms with Gasteiger partial charge in [0.1, 0.15) is 0 Å². The summed E-state index contributed by atoms with van der Waals surface area (Å²) in [6, 6.07) is 0. The number of rotatable bonds is 0. The van der Waals surface area contributed by atoms with Gasteiger partial charge in [0, 0.05) is 6.39 Å². The Morgan fingerprint density at radius 1 is 1.86 bits per heavy atom. The van der Waals surface area contributed by atoms with Crippen LogP contribution in [0.1, 0.15) is 15.2 Å². The van der Waals surface area contributed by atoms with Gasteiger partial charge in [-0.2, -0.15) is 13.8 Å². The molecule has 0 aliphatic heterocycles. The van der Waals surface area contributed by atoms with Gasteiger partial charge in [-0.05, 0) is 0 Å². The number of carbonyl (C=O) groups excluding carboxylic acids is 1. The van der Waals surface area contributed by atoms with E-state index < -0.39 is 6.39 Å². The fraction of sp³-hybridized carbons (Fsp3) is 0.500. The molecule has 0 saturated heterocycles. The van der Waals surface area contributed by atoms with Crippen molar-refractivity contribution in [3.8, 4) is 0 Å². The van der Waals surface area contributed by atoms with Gasteiger partial charge >= 0.3 is 51.4 Å². The Kier molecular flexibility index (Phi) is 43.1. The Bertz CT molecular complexity index is 47.3. The molecule has 0 aliphatic rings. The molecule has 0 bridgehead atoms. The van der Waals surface area contributed by atoms with Crippen LogP contribution in [0.25, 0.3) is 5.73 Å². The predicted octanol–water partition coefficient (Wildman–Crippen LogP) is -1.57. The molecule has 0 rings (SSSR count). The standard InChI is InChI=1S/C3H7.CH3NO.K/c1-3-2;2-1-3;/h3H,1-2H3;1H,(H2,2,3);/q-1;;+1/p-1/i;1T;. The number of amides is 1. The van der Waals surface area contributed by atoms with E-state index >= 15 is 0 Å². The number of hydrogen-bond donors (Lipinski definition) is 0. The van der Waals surface area contributed by atoms with Crippen molar-refractivity contribution in [1.82, 2.24) is 0 Å². The molecule has 38 valence electrons. The molecule has 0 unspecified atom stereocenters. The van der Waals surface area contributed by atoms with Crippen LogP contribution in [0.2, 0.25) is 0 Å². The number of nitrogens with one attached hydrogen (secondary N) is 1. The van der Waals surface area contributed by atoms with Crippen LogP contribution in [0, 0.1) is 6.42 Å². The van der Waals surface area contributed by atoms with Crippen LogP contribution in [-0.2, 0) is 4.79 Å². The summed E-state index contributed by atoms with van der Waals surface area (Å²) < 4.78 is 5.61. The normalized spacial score (nSPS) is 6.29. The maximum absolute atomic E-state index is 8.78. The second-order valence-electron chi connectivity index (χ2n) is 0.679. The SMILES string of the molecule is C[CH-]C.[3H]C([NH-])=O.[K+]. The van der Waals surface area contributed by atoms with Gasteiger partial charge in [-0.25, -0.2) is 0 Å². The van der Waals surface area contributed by atoms with Crippen LogP contribution in [0.15, 0.2) is 0 Å². The quantitative estimate of drug-likeness (QED) is 0.221. The van der Waals surface area contributed by atoms with E-state index in [0.717, 1.165) is 0 Å². The zero-order valence-electron chi connectivity index (χ0n) is 5.99. The molecule has 0 fully saturated rings. The predicted molar refractivity (Wildman–Crippen MR) is 26.0 cm³/mol. The van der Waals surface area contributed by atoms with Crippen LogP contribution in [-0.4, -0.2) is 6.39 Å². The van der Waals surface area contributed by atoms with Crippen molar-refractivity contribution in [1.29, 1.82) is 0 Å². The maximum Gasteiger partial charge on any atom is 1.00 e. The Labute approximate surface area is 88.7 Å². The molecule has 0 aromatic heterocycles. The van der Waals surface area contributed by atoms with E-state index in [9.17, 15) is 0 Å². The van der Waals surface area contributed by atoms with Crippen molar-refractivity contribution in [2.75, 3.05) is 0 Å². The molecule has 0 atom stereocenters. The molecular weight excluding hydrogens is 117 g/mol. The minimum absolute atomic E-state index is 0. The van der Waals surface area contributed by atoms with Gasteiger partial charge < -0.3 is 16.9 Å². The summed E-state index contributed by atoms with van der Waals surface area (Å²) in [5, 5.41) is 0. The molecule has 7 heavy (non-hydrogen) atoms. The van der Waals surface area contributed by atoms with Gasteiger partial charge in [0.05, 0.1) is 1.37 Å². The van der Waals surface area contributed by atoms with Crippen molar-refractivity contribution in [3.05, 3.63) is 12.2 Å². The molecule has 0 aliphatic carbocycles. The smallest absolute Gasteiger partial charge is 0.671 e. The summed E-state index contributed by atoms with van der Waals surface area (Å²) in [6.45, 7) is 4.00. The van der Waals surface area contributed by atoms with E-state index in [-0.39, 0.29) is 51.4 Å². The molecular formula is C4H9KNO-. The van der Waals surface area contributed by atoms with E-state index in [2.05, 4.69) is 0 Å². The monoisotopic (exact) mass is 128 g/mol. The molecule has 3 heteroatoms. The van der Waals surface area contributed by atoms with Gasteiger partial charge in [0.2, 0.25) is 0 Å². The molecule has 1 N–H and O–H groups in total. The first-order valence-corrected chi connectivity index (χ1v) is 1.61. The molecule has 0 spiro atoms. The van der Waals surface area contributed by atoms with Gasteiger partial charge in [-0.1, -0.05) is 0 Å². The molecule has 0 aromatic rings. The maximum atomic E-state index is 8.78.